The lowest BCUT2D eigenvalue weighted by Gasteiger charge is -2.19. The Hall–Kier alpha value is -1.17. The highest BCUT2D eigenvalue weighted by Crippen LogP contribution is 2.36. The third-order valence-corrected chi connectivity index (χ3v) is 4.91. The van der Waals surface area contributed by atoms with E-state index in [1.54, 1.807) is 6.08 Å². The van der Waals surface area contributed by atoms with E-state index in [0.29, 0.717) is 25.7 Å². The molecule has 5 heteroatoms. The fourth-order valence-electron chi connectivity index (χ4n) is 3.41. The number of carbonyl (C=O) groups is 1. The number of aliphatic carboxylic acids is 1. The van der Waals surface area contributed by atoms with Gasteiger partial charge in [-0.05, 0) is 31.6 Å². The third-order valence-electron chi connectivity index (χ3n) is 4.91. The van der Waals surface area contributed by atoms with Crippen LogP contribution in [0, 0.1) is 11.8 Å². The lowest BCUT2D eigenvalue weighted by atomic mass is 9.89. The first-order valence-corrected chi connectivity index (χ1v) is 9.55. The minimum Gasteiger partial charge on any atom is -0.481 e. The van der Waals surface area contributed by atoms with Crippen molar-refractivity contribution in [3.05, 3.63) is 24.3 Å². The SMILES string of the molecule is CCCCCC(O)C=C[C@H]1C(O)CC(O)C1CC=CCCCC(=O)O. The van der Waals surface area contributed by atoms with Crippen molar-refractivity contribution >= 4 is 5.97 Å². The second-order valence-electron chi connectivity index (χ2n) is 7.05. The summed E-state index contributed by atoms with van der Waals surface area (Å²) >= 11 is 0. The Balaban J connectivity index is 2.46. The Morgan fingerprint density at radius 1 is 1.16 bits per heavy atom. The van der Waals surface area contributed by atoms with Gasteiger partial charge in [0.1, 0.15) is 0 Å². The van der Waals surface area contributed by atoms with Crippen molar-refractivity contribution in [2.24, 2.45) is 11.8 Å². The van der Waals surface area contributed by atoms with Crippen LogP contribution in [-0.4, -0.2) is 44.7 Å². The average Bonchev–Trinajstić information content (AvgIpc) is 2.82. The fraction of sp³-hybridized carbons (Fsp3) is 0.750. The molecular formula is C20H34O5. The molecule has 1 saturated carbocycles. The summed E-state index contributed by atoms with van der Waals surface area (Å²) in [5.41, 5.74) is 0. The first kappa shape index (κ1) is 21.9. The summed E-state index contributed by atoms with van der Waals surface area (Å²) in [5, 5.41) is 39.0. The molecule has 25 heavy (non-hydrogen) atoms. The van der Waals surface area contributed by atoms with E-state index in [9.17, 15) is 20.1 Å². The third kappa shape index (κ3) is 8.66. The Morgan fingerprint density at radius 3 is 2.60 bits per heavy atom. The average molecular weight is 354 g/mol. The van der Waals surface area contributed by atoms with Gasteiger partial charge in [0.2, 0.25) is 0 Å². The number of aliphatic hydroxyl groups excluding tert-OH is 3. The van der Waals surface area contributed by atoms with E-state index < -0.39 is 24.3 Å². The molecule has 5 atom stereocenters. The molecule has 0 aromatic rings. The molecule has 0 aromatic carbocycles. The minimum absolute atomic E-state index is 0.0650. The van der Waals surface area contributed by atoms with Gasteiger partial charge in [-0.1, -0.05) is 50.5 Å². The molecule has 0 amide bonds. The number of carboxylic acids is 1. The Kier molecular flexibility index (Phi) is 10.7. The molecule has 0 aromatic heterocycles. The van der Waals surface area contributed by atoms with Crippen LogP contribution in [0.2, 0.25) is 0 Å². The molecule has 0 heterocycles. The molecule has 1 aliphatic rings. The molecule has 0 bridgehead atoms. The summed E-state index contributed by atoms with van der Waals surface area (Å²) in [4.78, 5) is 10.5. The maximum atomic E-state index is 10.5. The van der Waals surface area contributed by atoms with Crippen LogP contribution in [0.15, 0.2) is 24.3 Å². The van der Waals surface area contributed by atoms with Crippen molar-refractivity contribution in [2.45, 2.75) is 83.0 Å². The van der Waals surface area contributed by atoms with Gasteiger partial charge in [-0.25, -0.2) is 0 Å². The Bertz CT molecular complexity index is 432. The number of hydrogen-bond donors (Lipinski definition) is 4. The largest absolute Gasteiger partial charge is 0.481 e. The second-order valence-corrected chi connectivity index (χ2v) is 7.05. The predicted molar refractivity (Wildman–Crippen MR) is 98.1 cm³/mol. The number of carboxylic acid groups (broad SMARTS) is 1. The first-order valence-electron chi connectivity index (χ1n) is 9.55. The van der Waals surface area contributed by atoms with E-state index in [4.69, 9.17) is 5.11 Å². The smallest absolute Gasteiger partial charge is 0.303 e. The topological polar surface area (TPSA) is 98.0 Å². The van der Waals surface area contributed by atoms with Crippen molar-refractivity contribution in [3.63, 3.8) is 0 Å². The van der Waals surface area contributed by atoms with E-state index >= 15 is 0 Å². The van der Waals surface area contributed by atoms with Crippen molar-refractivity contribution in [2.75, 3.05) is 0 Å². The highest BCUT2D eigenvalue weighted by atomic mass is 16.4. The van der Waals surface area contributed by atoms with Crippen LogP contribution in [-0.2, 0) is 4.79 Å². The van der Waals surface area contributed by atoms with E-state index in [1.165, 1.54) is 0 Å². The van der Waals surface area contributed by atoms with Crippen molar-refractivity contribution in [1.82, 2.24) is 0 Å². The number of aliphatic hydroxyl groups is 3. The molecule has 1 fully saturated rings. The summed E-state index contributed by atoms with van der Waals surface area (Å²) in [6, 6.07) is 0. The molecular weight excluding hydrogens is 320 g/mol. The lowest BCUT2D eigenvalue weighted by Crippen LogP contribution is -2.20. The first-order chi connectivity index (χ1) is 12.0. The molecule has 144 valence electrons. The molecule has 0 radical (unpaired) electrons. The maximum absolute atomic E-state index is 10.5. The Morgan fingerprint density at radius 2 is 1.92 bits per heavy atom. The van der Waals surface area contributed by atoms with Gasteiger partial charge < -0.3 is 20.4 Å². The standard InChI is InChI=1S/C20H34O5/c1-2-3-6-9-15(21)12-13-17-16(18(22)14-19(17)23)10-7-4-5-8-11-20(24)25/h4,7,12-13,15-19,21-23H,2-3,5-6,8-11,14H2,1H3,(H,24,25)/t15?,16?,17-,18?,19?/m1/s1. The highest BCUT2D eigenvalue weighted by Gasteiger charge is 2.39. The number of unbranched alkanes of at least 4 members (excludes halogenated alkanes) is 3. The zero-order valence-corrected chi connectivity index (χ0v) is 15.3. The van der Waals surface area contributed by atoms with Crippen molar-refractivity contribution in [1.29, 1.82) is 0 Å². The zero-order chi connectivity index (χ0) is 18.7. The van der Waals surface area contributed by atoms with Crippen LogP contribution >= 0.6 is 0 Å². The quantitative estimate of drug-likeness (QED) is 0.319. The van der Waals surface area contributed by atoms with Gasteiger partial charge >= 0.3 is 5.97 Å². The van der Waals surface area contributed by atoms with Crippen LogP contribution in [0.1, 0.15) is 64.7 Å². The number of hydrogen-bond acceptors (Lipinski definition) is 4. The van der Waals surface area contributed by atoms with E-state index in [-0.39, 0.29) is 18.3 Å². The Labute approximate surface area is 151 Å². The van der Waals surface area contributed by atoms with Gasteiger partial charge in [0.15, 0.2) is 0 Å². The highest BCUT2D eigenvalue weighted by molar-refractivity contribution is 5.66. The van der Waals surface area contributed by atoms with Crippen LogP contribution < -0.4 is 0 Å². The monoisotopic (exact) mass is 354 g/mol. The number of allylic oxidation sites excluding steroid dienone is 2. The minimum atomic E-state index is -0.787. The van der Waals surface area contributed by atoms with E-state index in [1.807, 2.05) is 18.2 Å². The molecule has 4 N–H and O–H groups in total. The van der Waals surface area contributed by atoms with E-state index in [2.05, 4.69) is 6.92 Å². The van der Waals surface area contributed by atoms with Gasteiger partial charge in [0, 0.05) is 18.8 Å². The van der Waals surface area contributed by atoms with E-state index in [0.717, 1.165) is 25.7 Å². The van der Waals surface area contributed by atoms with Crippen LogP contribution in [0.4, 0.5) is 0 Å². The number of rotatable bonds is 12. The van der Waals surface area contributed by atoms with Crippen LogP contribution in [0.25, 0.3) is 0 Å². The molecule has 0 saturated heterocycles. The summed E-state index contributed by atoms with van der Waals surface area (Å²) < 4.78 is 0. The molecule has 1 aliphatic carbocycles. The van der Waals surface area contributed by atoms with Gasteiger partial charge in [-0.3, -0.25) is 4.79 Å². The van der Waals surface area contributed by atoms with Crippen molar-refractivity contribution < 1.29 is 25.2 Å². The molecule has 4 unspecified atom stereocenters. The molecule has 1 rings (SSSR count). The van der Waals surface area contributed by atoms with Gasteiger partial charge in [-0.15, -0.1) is 0 Å². The van der Waals surface area contributed by atoms with Crippen molar-refractivity contribution in [3.8, 4) is 0 Å². The summed E-state index contributed by atoms with van der Waals surface area (Å²) in [5.74, 6) is -1.00. The van der Waals surface area contributed by atoms with Crippen LogP contribution in [0.3, 0.4) is 0 Å². The second kappa shape index (κ2) is 12.2. The summed E-state index contributed by atoms with van der Waals surface area (Å²) in [6.45, 7) is 2.12. The molecule has 0 aliphatic heterocycles. The maximum Gasteiger partial charge on any atom is 0.303 e. The molecule has 0 spiro atoms. The lowest BCUT2D eigenvalue weighted by molar-refractivity contribution is -0.137. The van der Waals surface area contributed by atoms with Gasteiger partial charge in [-0.2, -0.15) is 0 Å². The van der Waals surface area contributed by atoms with Gasteiger partial charge in [0.25, 0.3) is 0 Å². The fourth-order valence-corrected chi connectivity index (χ4v) is 3.41. The summed E-state index contributed by atoms with van der Waals surface area (Å²) in [6.07, 6.45) is 12.3. The normalized spacial score (nSPS) is 28.2. The van der Waals surface area contributed by atoms with Crippen LogP contribution in [0.5, 0.6) is 0 Å². The van der Waals surface area contributed by atoms with Gasteiger partial charge in [0.05, 0.1) is 18.3 Å². The summed E-state index contributed by atoms with van der Waals surface area (Å²) in [7, 11) is 0. The zero-order valence-electron chi connectivity index (χ0n) is 15.3. The predicted octanol–water partition coefficient (Wildman–Crippen LogP) is 3.04. The molecule has 5 nitrogen and oxygen atoms in total.